The van der Waals surface area contributed by atoms with Crippen LogP contribution in [-0.2, 0) is 11.2 Å². The molecule has 1 heterocycles. The second-order valence-corrected chi connectivity index (χ2v) is 4.98. The highest BCUT2D eigenvalue weighted by atomic mass is 19.1. The molecule has 1 aromatic carbocycles. The molecule has 1 fully saturated rings. The fourth-order valence-electron chi connectivity index (χ4n) is 2.04. The van der Waals surface area contributed by atoms with Crippen molar-refractivity contribution >= 4 is 16.8 Å². The second-order valence-electron chi connectivity index (χ2n) is 4.98. The van der Waals surface area contributed by atoms with Gasteiger partial charge in [-0.1, -0.05) is 6.07 Å². The molecule has 0 atom stereocenters. The molecule has 0 radical (unpaired) electrons. The van der Waals surface area contributed by atoms with Gasteiger partial charge in [0.1, 0.15) is 5.82 Å². The van der Waals surface area contributed by atoms with Crippen molar-refractivity contribution in [2.24, 2.45) is 0 Å². The number of aromatic nitrogens is 1. The number of aryl methyl sites for hydroxylation is 1. The monoisotopic (exact) mass is 258 g/mol. The van der Waals surface area contributed by atoms with E-state index in [1.807, 2.05) is 12.1 Å². The number of nitrogens with one attached hydrogen (secondary N) is 1. The number of halogens is 1. The molecule has 1 aliphatic rings. The first-order valence-corrected chi connectivity index (χ1v) is 6.55. The summed E-state index contributed by atoms with van der Waals surface area (Å²) in [7, 11) is 0. The van der Waals surface area contributed by atoms with Crippen LogP contribution in [0.4, 0.5) is 4.39 Å². The number of pyridine rings is 1. The van der Waals surface area contributed by atoms with E-state index < -0.39 is 0 Å². The van der Waals surface area contributed by atoms with Gasteiger partial charge in [-0.2, -0.15) is 0 Å². The molecule has 2 aromatic rings. The minimum atomic E-state index is -0.288. The Morgan fingerprint density at radius 1 is 1.32 bits per heavy atom. The predicted octanol–water partition coefficient (Wildman–Crippen LogP) is 2.59. The van der Waals surface area contributed by atoms with Crippen molar-refractivity contribution in [3.05, 3.63) is 41.8 Å². The lowest BCUT2D eigenvalue weighted by Crippen LogP contribution is -2.25. The number of hydrogen-bond donors (Lipinski definition) is 1. The number of benzene rings is 1. The molecule has 1 amide bonds. The van der Waals surface area contributed by atoms with Crippen LogP contribution < -0.4 is 5.32 Å². The average Bonchev–Trinajstić information content (AvgIpc) is 3.19. The molecule has 0 bridgehead atoms. The zero-order chi connectivity index (χ0) is 13.2. The summed E-state index contributed by atoms with van der Waals surface area (Å²) >= 11 is 0. The summed E-state index contributed by atoms with van der Waals surface area (Å²) in [5.41, 5.74) is 1.46. The van der Waals surface area contributed by atoms with Crippen LogP contribution in [0.5, 0.6) is 0 Å². The highest BCUT2D eigenvalue weighted by Crippen LogP contribution is 2.19. The largest absolute Gasteiger partial charge is 0.353 e. The van der Waals surface area contributed by atoms with Gasteiger partial charge in [-0.3, -0.25) is 9.78 Å². The Bertz CT molecular complexity index is 623. The Morgan fingerprint density at radius 3 is 2.89 bits per heavy atom. The third-order valence-corrected chi connectivity index (χ3v) is 3.26. The summed E-state index contributed by atoms with van der Waals surface area (Å²) in [6.07, 6.45) is 3.22. The van der Waals surface area contributed by atoms with Crippen LogP contribution in [0.2, 0.25) is 0 Å². The maximum atomic E-state index is 13.1. The Balaban J connectivity index is 1.68. The lowest BCUT2D eigenvalue weighted by atomic mass is 10.1. The fourth-order valence-corrected chi connectivity index (χ4v) is 2.04. The van der Waals surface area contributed by atoms with Crippen LogP contribution in [0.25, 0.3) is 10.9 Å². The van der Waals surface area contributed by atoms with Crippen molar-refractivity contribution in [2.45, 2.75) is 31.7 Å². The number of carbonyl (C=O) groups excluding carboxylic acids is 1. The highest BCUT2D eigenvalue weighted by Gasteiger charge is 2.22. The highest BCUT2D eigenvalue weighted by molar-refractivity contribution is 5.79. The van der Waals surface area contributed by atoms with Gasteiger partial charge >= 0.3 is 0 Å². The first-order valence-electron chi connectivity index (χ1n) is 6.55. The molecule has 0 unspecified atom stereocenters. The van der Waals surface area contributed by atoms with E-state index in [9.17, 15) is 9.18 Å². The second kappa shape index (κ2) is 4.96. The van der Waals surface area contributed by atoms with Crippen molar-refractivity contribution in [2.75, 3.05) is 0 Å². The van der Waals surface area contributed by atoms with Crippen LogP contribution in [-0.4, -0.2) is 16.9 Å². The van der Waals surface area contributed by atoms with Gasteiger partial charge in [-0.05, 0) is 37.5 Å². The third kappa shape index (κ3) is 3.08. The van der Waals surface area contributed by atoms with Crippen LogP contribution >= 0.6 is 0 Å². The van der Waals surface area contributed by atoms with Crippen LogP contribution in [0, 0.1) is 5.82 Å². The van der Waals surface area contributed by atoms with Gasteiger partial charge in [0.25, 0.3) is 0 Å². The molecular formula is C15H15FN2O. The lowest BCUT2D eigenvalue weighted by molar-refractivity contribution is -0.121. The molecule has 4 heteroatoms. The Kier molecular flexibility index (Phi) is 3.15. The molecule has 3 rings (SSSR count). The van der Waals surface area contributed by atoms with E-state index in [0.717, 1.165) is 23.9 Å². The summed E-state index contributed by atoms with van der Waals surface area (Å²) in [5, 5.41) is 3.85. The number of rotatable bonds is 4. The molecule has 0 spiro atoms. The first kappa shape index (κ1) is 12.1. The summed E-state index contributed by atoms with van der Waals surface area (Å²) in [4.78, 5) is 16.0. The van der Waals surface area contributed by atoms with E-state index in [0.29, 0.717) is 24.4 Å². The summed E-state index contributed by atoms with van der Waals surface area (Å²) < 4.78 is 13.1. The van der Waals surface area contributed by atoms with E-state index >= 15 is 0 Å². The quantitative estimate of drug-likeness (QED) is 0.915. The number of carbonyl (C=O) groups is 1. The minimum Gasteiger partial charge on any atom is -0.353 e. The molecule has 0 aliphatic heterocycles. The van der Waals surface area contributed by atoms with E-state index in [1.54, 1.807) is 6.07 Å². The Labute approximate surface area is 110 Å². The van der Waals surface area contributed by atoms with Crippen molar-refractivity contribution < 1.29 is 9.18 Å². The molecule has 3 nitrogen and oxygen atoms in total. The number of fused-ring (bicyclic) bond motifs is 1. The summed E-state index contributed by atoms with van der Waals surface area (Å²) in [5.74, 6) is -0.215. The summed E-state index contributed by atoms with van der Waals surface area (Å²) in [6.45, 7) is 0. The Morgan fingerprint density at radius 2 is 2.11 bits per heavy atom. The van der Waals surface area contributed by atoms with Crippen molar-refractivity contribution in [3.8, 4) is 0 Å². The SMILES string of the molecule is O=C(CCc1ccc2ccc(F)cc2n1)NC1CC1. The maximum Gasteiger partial charge on any atom is 0.220 e. The number of amides is 1. The lowest BCUT2D eigenvalue weighted by Gasteiger charge is -2.04. The van der Waals surface area contributed by atoms with E-state index in [1.165, 1.54) is 12.1 Å². The maximum absolute atomic E-state index is 13.1. The van der Waals surface area contributed by atoms with Crippen LogP contribution in [0.1, 0.15) is 25.0 Å². The molecule has 1 saturated carbocycles. The normalized spacial score (nSPS) is 14.6. The fraction of sp³-hybridized carbons (Fsp3) is 0.333. The van der Waals surface area contributed by atoms with Crippen LogP contribution in [0.3, 0.4) is 0 Å². The molecule has 98 valence electrons. The topological polar surface area (TPSA) is 42.0 Å². The Hall–Kier alpha value is -1.97. The van der Waals surface area contributed by atoms with Gasteiger partial charge in [0, 0.05) is 29.6 Å². The van der Waals surface area contributed by atoms with Crippen molar-refractivity contribution in [3.63, 3.8) is 0 Å². The average molecular weight is 258 g/mol. The zero-order valence-electron chi connectivity index (χ0n) is 10.5. The smallest absolute Gasteiger partial charge is 0.220 e. The van der Waals surface area contributed by atoms with Gasteiger partial charge in [-0.15, -0.1) is 0 Å². The van der Waals surface area contributed by atoms with Gasteiger partial charge < -0.3 is 5.32 Å². The molecule has 0 saturated heterocycles. The van der Waals surface area contributed by atoms with Crippen LogP contribution in [0.15, 0.2) is 30.3 Å². The predicted molar refractivity (Wildman–Crippen MR) is 71.2 cm³/mol. The zero-order valence-corrected chi connectivity index (χ0v) is 10.5. The van der Waals surface area contributed by atoms with Crippen molar-refractivity contribution in [1.82, 2.24) is 10.3 Å². The van der Waals surface area contributed by atoms with E-state index in [4.69, 9.17) is 0 Å². The molecule has 1 N–H and O–H groups in total. The first-order chi connectivity index (χ1) is 9.20. The van der Waals surface area contributed by atoms with Gasteiger partial charge in [0.2, 0.25) is 5.91 Å². The number of hydrogen-bond acceptors (Lipinski definition) is 2. The van der Waals surface area contributed by atoms with E-state index in [2.05, 4.69) is 10.3 Å². The van der Waals surface area contributed by atoms with E-state index in [-0.39, 0.29) is 11.7 Å². The summed E-state index contributed by atoms with van der Waals surface area (Å²) in [6, 6.07) is 8.75. The molecule has 1 aliphatic carbocycles. The van der Waals surface area contributed by atoms with Gasteiger partial charge in [0.05, 0.1) is 5.52 Å². The standard InChI is InChI=1S/C15H15FN2O/c16-11-3-1-10-2-4-12(17-14(10)9-11)7-8-15(19)18-13-5-6-13/h1-4,9,13H,5-8H2,(H,18,19). The molecular weight excluding hydrogens is 243 g/mol. The van der Waals surface area contributed by atoms with Crippen molar-refractivity contribution in [1.29, 1.82) is 0 Å². The third-order valence-electron chi connectivity index (χ3n) is 3.26. The van der Waals surface area contributed by atoms with Gasteiger partial charge in [-0.25, -0.2) is 4.39 Å². The minimum absolute atomic E-state index is 0.0728. The number of nitrogens with zero attached hydrogens (tertiary/aromatic N) is 1. The molecule has 19 heavy (non-hydrogen) atoms. The van der Waals surface area contributed by atoms with Gasteiger partial charge in [0.15, 0.2) is 0 Å². The molecule has 1 aromatic heterocycles.